The van der Waals surface area contributed by atoms with Crippen LogP contribution < -0.4 is 15.8 Å². The van der Waals surface area contributed by atoms with E-state index in [4.69, 9.17) is 26.5 Å². The van der Waals surface area contributed by atoms with Gasteiger partial charge in [0.15, 0.2) is 0 Å². The number of nitrogens with zero attached hydrogens (tertiary/aromatic N) is 2. The molecule has 6 rings (SSSR count). The van der Waals surface area contributed by atoms with Crippen molar-refractivity contribution in [1.82, 2.24) is 15.5 Å². The van der Waals surface area contributed by atoms with Crippen LogP contribution in [0.1, 0.15) is 43.1 Å². The summed E-state index contributed by atoms with van der Waals surface area (Å²) < 4.78 is 12.1. The van der Waals surface area contributed by atoms with Gasteiger partial charge in [-0.3, -0.25) is 0 Å². The molecule has 1 aromatic carbocycles. The Balaban J connectivity index is 1.35. The highest BCUT2D eigenvalue weighted by Gasteiger charge is 2.70. The van der Waals surface area contributed by atoms with Gasteiger partial charge in [-0.2, -0.15) is 0 Å². The number of aromatic nitrogens is 2. The fourth-order valence-corrected chi connectivity index (χ4v) is 5.61. The van der Waals surface area contributed by atoms with Crippen molar-refractivity contribution in [2.75, 3.05) is 25.4 Å². The lowest BCUT2D eigenvalue weighted by Gasteiger charge is -2.21. The number of hydrogen-bond donors (Lipinski definition) is 2. The standard InChI is InChI=1S/C20H23ClN4O2/c21-14-6-12(17-11(16(14)22)2-1-5-26-17)18-24-25-19(27-18)15-13-8-23-9-20(13,15)7-10-3-4-10/h6,10,13,15,23H,1-5,7-9,22H2. The molecule has 0 bridgehead atoms. The second kappa shape index (κ2) is 5.61. The molecule has 142 valence electrons. The third-order valence-corrected chi connectivity index (χ3v) is 7.27. The molecule has 0 amide bonds. The minimum atomic E-state index is 0.333. The summed E-state index contributed by atoms with van der Waals surface area (Å²) in [5.41, 5.74) is 8.82. The third kappa shape index (κ3) is 2.36. The number of nitrogens with one attached hydrogen (secondary N) is 1. The summed E-state index contributed by atoms with van der Waals surface area (Å²) in [5, 5.41) is 12.9. The zero-order chi connectivity index (χ0) is 18.2. The van der Waals surface area contributed by atoms with Crippen molar-refractivity contribution in [3.63, 3.8) is 0 Å². The summed E-state index contributed by atoms with van der Waals surface area (Å²) in [5.74, 6) is 3.94. The zero-order valence-electron chi connectivity index (χ0n) is 15.1. The molecule has 3 atom stereocenters. The predicted molar refractivity (Wildman–Crippen MR) is 102 cm³/mol. The molecular formula is C20H23ClN4O2. The Morgan fingerprint density at radius 2 is 2.22 bits per heavy atom. The van der Waals surface area contributed by atoms with Gasteiger partial charge < -0.3 is 20.2 Å². The summed E-state index contributed by atoms with van der Waals surface area (Å²) in [7, 11) is 0. The number of piperidine rings is 1. The first-order chi connectivity index (χ1) is 13.2. The van der Waals surface area contributed by atoms with Gasteiger partial charge in [-0.1, -0.05) is 24.4 Å². The highest BCUT2D eigenvalue weighted by atomic mass is 35.5. The van der Waals surface area contributed by atoms with E-state index >= 15 is 0 Å². The SMILES string of the molecule is Nc1c(Cl)cc(-c2nnc(C3C4CNCC43CC3CC3)o2)c2c1CCCO2. The highest BCUT2D eigenvalue weighted by molar-refractivity contribution is 6.33. The number of hydrogen-bond acceptors (Lipinski definition) is 6. The van der Waals surface area contributed by atoms with Gasteiger partial charge in [0.2, 0.25) is 5.89 Å². The first-order valence-electron chi connectivity index (χ1n) is 9.95. The molecule has 4 aliphatic rings. The molecule has 3 unspecified atom stereocenters. The molecule has 27 heavy (non-hydrogen) atoms. The maximum Gasteiger partial charge on any atom is 0.251 e. The minimum Gasteiger partial charge on any atom is -0.492 e. The van der Waals surface area contributed by atoms with Crippen molar-refractivity contribution in [3.8, 4) is 17.2 Å². The van der Waals surface area contributed by atoms with Crippen LogP contribution in [0.3, 0.4) is 0 Å². The molecule has 2 aromatic rings. The summed E-state index contributed by atoms with van der Waals surface area (Å²) in [6, 6.07) is 1.80. The molecule has 6 nitrogen and oxygen atoms in total. The van der Waals surface area contributed by atoms with Crippen LogP contribution in [-0.4, -0.2) is 29.9 Å². The van der Waals surface area contributed by atoms with Crippen LogP contribution in [0.2, 0.25) is 5.02 Å². The van der Waals surface area contributed by atoms with E-state index in [0.717, 1.165) is 54.6 Å². The third-order valence-electron chi connectivity index (χ3n) is 6.96. The Hall–Kier alpha value is -1.79. The van der Waals surface area contributed by atoms with Gasteiger partial charge in [0.25, 0.3) is 5.89 Å². The maximum absolute atomic E-state index is 6.37. The summed E-state index contributed by atoms with van der Waals surface area (Å²) in [6.07, 6.45) is 5.84. The number of rotatable bonds is 4. The molecule has 7 heteroatoms. The van der Waals surface area contributed by atoms with Crippen LogP contribution in [0.25, 0.3) is 11.5 Å². The van der Waals surface area contributed by atoms with Crippen LogP contribution in [0, 0.1) is 17.3 Å². The zero-order valence-corrected chi connectivity index (χ0v) is 15.9. The Kier molecular flexibility index (Phi) is 3.36. The number of nitrogens with two attached hydrogens (primary N) is 1. The number of ether oxygens (including phenoxy) is 1. The molecule has 0 spiro atoms. The Morgan fingerprint density at radius 1 is 1.33 bits per heavy atom. The molecule has 3 N–H and O–H groups in total. The van der Waals surface area contributed by atoms with Gasteiger partial charge in [-0.25, -0.2) is 0 Å². The first-order valence-corrected chi connectivity index (χ1v) is 10.3. The average molecular weight is 387 g/mol. The Bertz CT molecular complexity index is 925. The van der Waals surface area contributed by atoms with Crippen molar-refractivity contribution >= 4 is 17.3 Å². The van der Waals surface area contributed by atoms with Crippen molar-refractivity contribution in [2.24, 2.45) is 17.3 Å². The molecule has 1 aromatic heterocycles. The molecule has 0 radical (unpaired) electrons. The van der Waals surface area contributed by atoms with E-state index < -0.39 is 0 Å². The molecule has 3 heterocycles. The number of halogens is 1. The smallest absolute Gasteiger partial charge is 0.251 e. The van der Waals surface area contributed by atoms with Gasteiger partial charge in [0.1, 0.15) is 5.75 Å². The van der Waals surface area contributed by atoms with E-state index in [1.165, 1.54) is 19.3 Å². The predicted octanol–water partition coefficient (Wildman–Crippen LogP) is 3.40. The monoisotopic (exact) mass is 386 g/mol. The Morgan fingerprint density at radius 3 is 3.07 bits per heavy atom. The molecule has 1 saturated heterocycles. The van der Waals surface area contributed by atoms with Crippen molar-refractivity contribution in [3.05, 3.63) is 22.5 Å². The van der Waals surface area contributed by atoms with Gasteiger partial charge in [0, 0.05) is 18.0 Å². The van der Waals surface area contributed by atoms with E-state index in [1.807, 2.05) is 0 Å². The lowest BCUT2D eigenvalue weighted by molar-refractivity contribution is 0.289. The summed E-state index contributed by atoms with van der Waals surface area (Å²) in [6.45, 7) is 2.80. The van der Waals surface area contributed by atoms with Gasteiger partial charge in [-0.05, 0) is 49.1 Å². The highest BCUT2D eigenvalue weighted by Crippen LogP contribution is 2.70. The van der Waals surface area contributed by atoms with Crippen LogP contribution in [0.15, 0.2) is 10.5 Å². The van der Waals surface area contributed by atoms with E-state index in [9.17, 15) is 0 Å². The number of nitrogen functional groups attached to an aromatic ring is 1. The molecule has 2 aliphatic heterocycles. The van der Waals surface area contributed by atoms with Gasteiger partial charge in [-0.15, -0.1) is 10.2 Å². The van der Waals surface area contributed by atoms with Crippen LogP contribution in [0.5, 0.6) is 5.75 Å². The normalized spacial score (nSPS) is 31.3. The quantitative estimate of drug-likeness (QED) is 0.783. The van der Waals surface area contributed by atoms with Crippen LogP contribution in [-0.2, 0) is 6.42 Å². The second-order valence-electron chi connectivity index (χ2n) is 8.62. The van der Waals surface area contributed by atoms with E-state index in [0.29, 0.717) is 40.5 Å². The van der Waals surface area contributed by atoms with E-state index in [1.54, 1.807) is 6.07 Å². The first kappa shape index (κ1) is 16.2. The van der Waals surface area contributed by atoms with Crippen molar-refractivity contribution < 1.29 is 9.15 Å². The summed E-state index contributed by atoms with van der Waals surface area (Å²) in [4.78, 5) is 0. The number of anilines is 1. The lowest BCUT2D eigenvalue weighted by Crippen LogP contribution is -2.20. The van der Waals surface area contributed by atoms with Crippen LogP contribution >= 0.6 is 11.6 Å². The summed E-state index contributed by atoms with van der Waals surface area (Å²) >= 11 is 6.37. The maximum atomic E-state index is 6.37. The molecule has 2 saturated carbocycles. The average Bonchev–Trinajstić information content (AvgIpc) is 3.47. The van der Waals surface area contributed by atoms with Crippen LogP contribution in [0.4, 0.5) is 5.69 Å². The fraction of sp³-hybridized carbons (Fsp3) is 0.600. The van der Waals surface area contributed by atoms with E-state index in [-0.39, 0.29) is 0 Å². The van der Waals surface area contributed by atoms with E-state index in [2.05, 4.69) is 15.5 Å². The van der Waals surface area contributed by atoms with Crippen molar-refractivity contribution in [1.29, 1.82) is 0 Å². The molecule has 2 aliphatic carbocycles. The Labute approximate surface area is 162 Å². The minimum absolute atomic E-state index is 0.333. The fourth-order valence-electron chi connectivity index (χ4n) is 5.39. The molecule has 3 fully saturated rings. The topological polar surface area (TPSA) is 86.2 Å². The molecular weight excluding hydrogens is 364 g/mol. The lowest BCUT2D eigenvalue weighted by atomic mass is 9.96. The van der Waals surface area contributed by atoms with Gasteiger partial charge in [0.05, 0.1) is 22.9 Å². The van der Waals surface area contributed by atoms with Crippen molar-refractivity contribution in [2.45, 2.75) is 38.0 Å². The number of benzene rings is 1. The van der Waals surface area contributed by atoms with Gasteiger partial charge >= 0.3 is 0 Å². The largest absolute Gasteiger partial charge is 0.492 e. The number of fused-ring (bicyclic) bond motifs is 2. The second-order valence-corrected chi connectivity index (χ2v) is 9.03.